The molecule has 0 saturated carbocycles. The van der Waals surface area contributed by atoms with E-state index in [-0.39, 0.29) is 0 Å². The number of nitrogens with zero attached hydrogens (tertiary/aromatic N) is 1. The van der Waals surface area contributed by atoms with Gasteiger partial charge in [0.05, 0.1) is 0 Å². The number of piperidine rings is 1. The van der Waals surface area contributed by atoms with Crippen LogP contribution in [-0.2, 0) is 6.54 Å². The van der Waals surface area contributed by atoms with Crippen LogP contribution in [0.15, 0.2) is 17.5 Å². The lowest BCUT2D eigenvalue weighted by molar-refractivity contribution is 0.158. The van der Waals surface area contributed by atoms with E-state index in [1.54, 1.807) is 0 Å². The molecule has 3 heteroatoms. The zero-order chi connectivity index (χ0) is 12.8. The van der Waals surface area contributed by atoms with Gasteiger partial charge in [0.25, 0.3) is 0 Å². The summed E-state index contributed by atoms with van der Waals surface area (Å²) in [6.45, 7) is 10.7. The van der Waals surface area contributed by atoms with Crippen molar-refractivity contribution in [2.45, 2.75) is 33.2 Å². The second-order valence-electron chi connectivity index (χ2n) is 5.68. The average molecular weight is 266 g/mol. The Morgan fingerprint density at radius 2 is 2.17 bits per heavy atom. The molecule has 2 nitrogen and oxygen atoms in total. The minimum absolute atomic E-state index is 0.865. The molecule has 1 aromatic rings. The zero-order valence-electron chi connectivity index (χ0n) is 11.7. The van der Waals surface area contributed by atoms with E-state index in [4.69, 9.17) is 0 Å². The number of rotatable bonds is 6. The highest BCUT2D eigenvalue weighted by Gasteiger charge is 2.20. The maximum atomic E-state index is 3.54. The molecule has 0 spiro atoms. The first kappa shape index (κ1) is 14.0. The Morgan fingerprint density at radius 1 is 1.39 bits per heavy atom. The molecule has 2 rings (SSSR count). The SMILES string of the molecule is CC(C)C1CCN(CCNCc2cccs2)CC1. The van der Waals surface area contributed by atoms with Crippen LogP contribution in [0.3, 0.4) is 0 Å². The van der Waals surface area contributed by atoms with E-state index in [1.165, 1.54) is 37.4 Å². The molecule has 0 aliphatic carbocycles. The van der Waals surface area contributed by atoms with Gasteiger partial charge in [-0.25, -0.2) is 0 Å². The van der Waals surface area contributed by atoms with Crippen LogP contribution in [0.2, 0.25) is 0 Å². The van der Waals surface area contributed by atoms with Crippen molar-refractivity contribution in [1.82, 2.24) is 10.2 Å². The fourth-order valence-corrected chi connectivity index (χ4v) is 3.38. The quantitative estimate of drug-likeness (QED) is 0.795. The van der Waals surface area contributed by atoms with Gasteiger partial charge in [-0.3, -0.25) is 0 Å². The summed E-state index contributed by atoms with van der Waals surface area (Å²) in [5.41, 5.74) is 0. The Labute approximate surface area is 115 Å². The summed E-state index contributed by atoms with van der Waals surface area (Å²) in [5.74, 6) is 1.82. The van der Waals surface area contributed by atoms with Crippen LogP contribution < -0.4 is 5.32 Å². The number of likely N-dealkylation sites (tertiary alicyclic amines) is 1. The van der Waals surface area contributed by atoms with Gasteiger partial charge >= 0.3 is 0 Å². The Bertz CT molecular complexity index is 313. The van der Waals surface area contributed by atoms with Crippen LogP contribution in [0.1, 0.15) is 31.6 Å². The molecule has 0 atom stereocenters. The highest BCUT2D eigenvalue weighted by Crippen LogP contribution is 2.23. The van der Waals surface area contributed by atoms with Gasteiger partial charge in [0.2, 0.25) is 0 Å². The average Bonchev–Trinajstić information content (AvgIpc) is 2.88. The number of hydrogen-bond donors (Lipinski definition) is 1. The fraction of sp³-hybridized carbons (Fsp3) is 0.733. The van der Waals surface area contributed by atoms with E-state index in [0.29, 0.717) is 0 Å². The third-order valence-corrected chi connectivity index (χ3v) is 4.94. The lowest BCUT2D eigenvalue weighted by atomic mass is 9.87. The predicted molar refractivity (Wildman–Crippen MR) is 80.0 cm³/mol. The minimum Gasteiger partial charge on any atom is -0.311 e. The van der Waals surface area contributed by atoms with Crippen LogP contribution in [-0.4, -0.2) is 31.1 Å². The van der Waals surface area contributed by atoms with Gasteiger partial charge in [0.15, 0.2) is 0 Å². The third-order valence-electron chi connectivity index (χ3n) is 4.06. The number of thiophene rings is 1. The van der Waals surface area contributed by atoms with Crippen LogP contribution in [0, 0.1) is 11.8 Å². The van der Waals surface area contributed by atoms with Crippen molar-refractivity contribution >= 4 is 11.3 Å². The summed E-state index contributed by atoms with van der Waals surface area (Å²) in [6.07, 6.45) is 2.78. The largest absolute Gasteiger partial charge is 0.311 e. The minimum atomic E-state index is 0.865. The lowest BCUT2D eigenvalue weighted by Gasteiger charge is -2.33. The van der Waals surface area contributed by atoms with Crippen molar-refractivity contribution in [3.05, 3.63) is 22.4 Å². The first-order valence-corrected chi connectivity index (χ1v) is 8.09. The summed E-state index contributed by atoms with van der Waals surface area (Å²) in [4.78, 5) is 4.05. The molecule has 0 bridgehead atoms. The van der Waals surface area contributed by atoms with E-state index in [9.17, 15) is 0 Å². The van der Waals surface area contributed by atoms with E-state index in [2.05, 4.69) is 41.6 Å². The highest BCUT2D eigenvalue weighted by molar-refractivity contribution is 7.09. The monoisotopic (exact) mass is 266 g/mol. The molecule has 0 radical (unpaired) electrons. The van der Waals surface area contributed by atoms with Crippen molar-refractivity contribution in [2.75, 3.05) is 26.2 Å². The van der Waals surface area contributed by atoms with Crippen LogP contribution in [0.4, 0.5) is 0 Å². The summed E-state index contributed by atoms with van der Waals surface area (Å²) < 4.78 is 0. The van der Waals surface area contributed by atoms with E-state index < -0.39 is 0 Å². The molecule has 2 heterocycles. The molecule has 0 aromatic carbocycles. The molecule has 1 aromatic heterocycles. The van der Waals surface area contributed by atoms with Gasteiger partial charge in [0, 0.05) is 24.5 Å². The first-order chi connectivity index (χ1) is 8.75. The Hall–Kier alpha value is -0.380. The van der Waals surface area contributed by atoms with Crippen LogP contribution in [0.25, 0.3) is 0 Å². The van der Waals surface area contributed by atoms with Gasteiger partial charge in [0.1, 0.15) is 0 Å². The topological polar surface area (TPSA) is 15.3 Å². The Balaban J connectivity index is 1.55. The zero-order valence-corrected chi connectivity index (χ0v) is 12.5. The number of hydrogen-bond acceptors (Lipinski definition) is 3. The smallest absolute Gasteiger partial charge is 0.0300 e. The highest BCUT2D eigenvalue weighted by atomic mass is 32.1. The summed E-state index contributed by atoms with van der Waals surface area (Å²) in [7, 11) is 0. The summed E-state index contributed by atoms with van der Waals surface area (Å²) >= 11 is 1.84. The molecule has 0 unspecified atom stereocenters. The fourth-order valence-electron chi connectivity index (χ4n) is 2.71. The van der Waals surface area contributed by atoms with E-state index in [1.807, 2.05) is 11.3 Å². The molecular formula is C15H26N2S. The summed E-state index contributed by atoms with van der Waals surface area (Å²) in [5, 5.41) is 5.68. The second kappa shape index (κ2) is 7.27. The standard InChI is InChI=1S/C15H26N2S/c1-13(2)14-5-8-17(9-6-14)10-7-16-12-15-4-3-11-18-15/h3-4,11,13-14,16H,5-10,12H2,1-2H3. The van der Waals surface area contributed by atoms with Crippen LogP contribution in [0.5, 0.6) is 0 Å². The molecule has 1 aliphatic rings. The van der Waals surface area contributed by atoms with Crippen molar-refractivity contribution in [3.63, 3.8) is 0 Å². The molecule has 0 amide bonds. The van der Waals surface area contributed by atoms with E-state index in [0.717, 1.165) is 24.9 Å². The molecule has 18 heavy (non-hydrogen) atoms. The predicted octanol–water partition coefficient (Wildman–Crippen LogP) is 3.21. The molecule has 102 valence electrons. The maximum absolute atomic E-state index is 3.54. The van der Waals surface area contributed by atoms with E-state index >= 15 is 0 Å². The lowest BCUT2D eigenvalue weighted by Crippen LogP contribution is -2.39. The van der Waals surface area contributed by atoms with Crippen molar-refractivity contribution < 1.29 is 0 Å². The maximum Gasteiger partial charge on any atom is 0.0300 e. The number of nitrogens with one attached hydrogen (secondary N) is 1. The Kier molecular flexibility index (Phi) is 5.67. The van der Waals surface area contributed by atoms with Gasteiger partial charge in [-0.05, 0) is 49.2 Å². The molecule has 1 fully saturated rings. The van der Waals surface area contributed by atoms with Gasteiger partial charge in [-0.2, -0.15) is 0 Å². The van der Waals surface area contributed by atoms with Crippen molar-refractivity contribution in [1.29, 1.82) is 0 Å². The van der Waals surface area contributed by atoms with Crippen molar-refractivity contribution in [2.24, 2.45) is 11.8 Å². The summed E-state index contributed by atoms with van der Waals surface area (Å²) in [6, 6.07) is 4.32. The second-order valence-corrected chi connectivity index (χ2v) is 6.71. The van der Waals surface area contributed by atoms with Gasteiger partial charge < -0.3 is 10.2 Å². The first-order valence-electron chi connectivity index (χ1n) is 7.21. The third kappa shape index (κ3) is 4.38. The van der Waals surface area contributed by atoms with Crippen LogP contribution >= 0.6 is 11.3 Å². The molecular weight excluding hydrogens is 240 g/mol. The molecule has 1 N–H and O–H groups in total. The molecule has 1 aliphatic heterocycles. The Morgan fingerprint density at radius 3 is 2.78 bits per heavy atom. The van der Waals surface area contributed by atoms with Gasteiger partial charge in [-0.15, -0.1) is 11.3 Å². The van der Waals surface area contributed by atoms with Gasteiger partial charge in [-0.1, -0.05) is 19.9 Å². The van der Waals surface area contributed by atoms with Crippen molar-refractivity contribution in [3.8, 4) is 0 Å². The normalized spacial score (nSPS) is 18.6. The molecule has 1 saturated heterocycles.